The van der Waals surface area contributed by atoms with Gasteiger partial charge in [-0.15, -0.1) is 0 Å². The quantitative estimate of drug-likeness (QED) is 0.382. The zero-order valence-electron chi connectivity index (χ0n) is 19.6. The van der Waals surface area contributed by atoms with E-state index < -0.39 is 21.9 Å². The van der Waals surface area contributed by atoms with Gasteiger partial charge in [0, 0.05) is 17.8 Å². The van der Waals surface area contributed by atoms with Gasteiger partial charge in [0.2, 0.25) is 5.91 Å². The maximum atomic E-state index is 12.7. The molecule has 1 aromatic carbocycles. The fraction of sp³-hybridized carbons (Fsp3) is 0.417. The van der Waals surface area contributed by atoms with Gasteiger partial charge in [0.25, 0.3) is 15.9 Å². The number of amides is 2. The Hall–Kier alpha value is -3.27. The molecule has 0 saturated carbocycles. The number of carboxylic acid groups (broad SMARTS) is 1. The molecule has 0 bridgehead atoms. The first-order chi connectivity index (χ1) is 16.1. The third-order valence-electron chi connectivity index (χ3n) is 5.31. The highest BCUT2D eigenvalue weighted by Gasteiger charge is 2.21. The Morgan fingerprint density at radius 2 is 1.74 bits per heavy atom. The van der Waals surface area contributed by atoms with E-state index in [0.717, 1.165) is 38.3 Å². The van der Waals surface area contributed by atoms with E-state index in [-0.39, 0.29) is 28.0 Å². The molecule has 9 nitrogen and oxygen atoms in total. The molecule has 1 atom stereocenters. The lowest BCUT2D eigenvalue weighted by Gasteiger charge is -2.12. The summed E-state index contributed by atoms with van der Waals surface area (Å²) in [5, 5.41) is 12.1. The lowest BCUT2D eigenvalue weighted by atomic mass is 10.0. The van der Waals surface area contributed by atoms with Gasteiger partial charge in [-0.1, -0.05) is 40.0 Å². The molecule has 1 heterocycles. The van der Waals surface area contributed by atoms with Crippen molar-refractivity contribution in [3.63, 3.8) is 0 Å². The summed E-state index contributed by atoms with van der Waals surface area (Å²) in [5.41, 5.74) is 0.627. The van der Waals surface area contributed by atoms with Crippen LogP contribution in [0.3, 0.4) is 0 Å². The summed E-state index contributed by atoms with van der Waals surface area (Å²) >= 11 is 0. The number of nitrogens with one attached hydrogen (secondary N) is 2. The number of pyridine rings is 1. The van der Waals surface area contributed by atoms with Crippen LogP contribution in [0.5, 0.6) is 0 Å². The van der Waals surface area contributed by atoms with Crippen molar-refractivity contribution in [1.29, 1.82) is 0 Å². The molecular formula is C24H31N3O6S. The molecule has 0 radical (unpaired) electrons. The van der Waals surface area contributed by atoms with E-state index in [4.69, 9.17) is 0 Å². The van der Waals surface area contributed by atoms with Crippen LogP contribution in [0.2, 0.25) is 0 Å². The Morgan fingerprint density at radius 3 is 2.32 bits per heavy atom. The molecule has 2 aromatic rings. The van der Waals surface area contributed by atoms with Crippen LogP contribution in [0, 0.1) is 5.92 Å². The number of unbranched alkanes of at least 4 members (excludes halogenated alkanes) is 2. The van der Waals surface area contributed by atoms with Gasteiger partial charge in [0.1, 0.15) is 0 Å². The average molecular weight is 490 g/mol. The van der Waals surface area contributed by atoms with Gasteiger partial charge in [-0.25, -0.2) is 22.9 Å². The summed E-state index contributed by atoms with van der Waals surface area (Å²) in [6.45, 7) is 5.82. The van der Waals surface area contributed by atoms with Gasteiger partial charge in [0.15, 0.2) is 5.69 Å². The monoisotopic (exact) mass is 489 g/mol. The number of carboxylic acids is 1. The number of hydrogen-bond acceptors (Lipinski definition) is 6. The number of nitrogens with zero attached hydrogens (tertiary/aromatic N) is 1. The van der Waals surface area contributed by atoms with E-state index in [1.165, 1.54) is 30.3 Å². The second kappa shape index (κ2) is 12.3. The molecule has 10 heteroatoms. The molecule has 1 unspecified atom stereocenters. The zero-order valence-corrected chi connectivity index (χ0v) is 20.4. The number of sulfonamides is 1. The number of hydrogen-bond donors (Lipinski definition) is 3. The van der Waals surface area contributed by atoms with Crippen LogP contribution >= 0.6 is 0 Å². The predicted molar refractivity (Wildman–Crippen MR) is 128 cm³/mol. The van der Waals surface area contributed by atoms with Crippen LogP contribution in [0.1, 0.15) is 79.3 Å². The molecule has 0 fully saturated rings. The number of carbonyl (C=O) groups is 3. The zero-order chi connectivity index (χ0) is 25.3. The first-order valence-corrected chi connectivity index (χ1v) is 12.8. The maximum absolute atomic E-state index is 12.7. The normalized spacial score (nSPS) is 12.1. The van der Waals surface area contributed by atoms with E-state index in [9.17, 15) is 27.9 Å². The summed E-state index contributed by atoms with van der Waals surface area (Å²) in [6.07, 6.45) is 5.63. The first-order valence-electron chi connectivity index (χ1n) is 11.3. The highest BCUT2D eigenvalue weighted by atomic mass is 32.2. The number of aryl methyl sites for hydroxylation is 1. The van der Waals surface area contributed by atoms with Gasteiger partial charge in [-0.3, -0.25) is 9.59 Å². The molecule has 0 spiro atoms. The van der Waals surface area contributed by atoms with Crippen molar-refractivity contribution in [3.05, 3.63) is 53.3 Å². The van der Waals surface area contributed by atoms with Crippen molar-refractivity contribution in [3.8, 4) is 0 Å². The molecule has 0 aliphatic carbocycles. The summed E-state index contributed by atoms with van der Waals surface area (Å²) in [5.74, 6) is -2.44. The standard InChI is InChI=1S/C24H31N3O6S/c1-4-6-7-9-17-14-18(15-25-21(17)24(30)31)23(29)27-34(32,33)20-12-10-19(11-13-20)26-22(28)16(3)8-5-2/h10-16H,4-9H2,1-3H3,(H,26,28)(H,27,29)(H,30,31). The van der Waals surface area contributed by atoms with Crippen LogP contribution in [0.15, 0.2) is 41.4 Å². The van der Waals surface area contributed by atoms with E-state index in [1.54, 1.807) is 0 Å². The molecule has 184 valence electrons. The number of aromatic nitrogens is 1. The Bertz CT molecular complexity index is 1130. The summed E-state index contributed by atoms with van der Waals surface area (Å²) < 4.78 is 27.3. The molecule has 1 aromatic heterocycles. The van der Waals surface area contributed by atoms with E-state index in [0.29, 0.717) is 17.7 Å². The molecule has 0 aliphatic heterocycles. The Labute approximate surface area is 200 Å². The number of aromatic carboxylic acids is 1. The van der Waals surface area contributed by atoms with Crippen molar-refractivity contribution in [2.45, 2.75) is 64.2 Å². The summed E-state index contributed by atoms with van der Waals surface area (Å²) in [7, 11) is -4.19. The minimum absolute atomic E-state index is 0.0473. The molecule has 0 saturated heterocycles. The Balaban J connectivity index is 2.15. The average Bonchev–Trinajstić information content (AvgIpc) is 2.79. The predicted octanol–water partition coefficient (Wildman–Crippen LogP) is 4.01. The Morgan fingerprint density at radius 1 is 1.06 bits per heavy atom. The maximum Gasteiger partial charge on any atom is 0.354 e. The lowest BCUT2D eigenvalue weighted by Crippen LogP contribution is -2.31. The lowest BCUT2D eigenvalue weighted by molar-refractivity contribution is -0.119. The summed E-state index contributed by atoms with van der Waals surface area (Å²) in [4.78, 5) is 39.9. The van der Waals surface area contributed by atoms with Crippen LogP contribution in [-0.2, 0) is 21.2 Å². The minimum atomic E-state index is -4.19. The third kappa shape index (κ3) is 7.38. The SMILES string of the molecule is CCCCCc1cc(C(=O)NS(=O)(=O)c2ccc(NC(=O)C(C)CCC)cc2)cnc1C(=O)O. The van der Waals surface area contributed by atoms with Crippen molar-refractivity contribution in [2.75, 3.05) is 5.32 Å². The highest BCUT2D eigenvalue weighted by Crippen LogP contribution is 2.18. The van der Waals surface area contributed by atoms with E-state index in [1.807, 2.05) is 25.5 Å². The van der Waals surface area contributed by atoms with Gasteiger partial charge < -0.3 is 10.4 Å². The largest absolute Gasteiger partial charge is 0.477 e. The van der Waals surface area contributed by atoms with Crippen molar-refractivity contribution in [2.24, 2.45) is 5.92 Å². The van der Waals surface area contributed by atoms with Gasteiger partial charge in [0.05, 0.1) is 10.5 Å². The molecule has 2 amide bonds. The van der Waals surface area contributed by atoms with Crippen molar-refractivity contribution < 1.29 is 27.9 Å². The molecule has 2 rings (SSSR count). The topological polar surface area (TPSA) is 143 Å². The summed E-state index contributed by atoms with van der Waals surface area (Å²) in [6, 6.07) is 6.84. The second-order valence-corrected chi connectivity index (χ2v) is 9.81. The van der Waals surface area contributed by atoms with Gasteiger partial charge in [-0.05, 0) is 55.2 Å². The highest BCUT2D eigenvalue weighted by molar-refractivity contribution is 7.90. The van der Waals surface area contributed by atoms with Crippen LogP contribution in [0.4, 0.5) is 5.69 Å². The van der Waals surface area contributed by atoms with Crippen molar-refractivity contribution in [1.82, 2.24) is 9.71 Å². The molecule has 3 N–H and O–H groups in total. The number of anilines is 1. The fourth-order valence-corrected chi connectivity index (χ4v) is 4.34. The van der Waals surface area contributed by atoms with Crippen LogP contribution < -0.4 is 10.0 Å². The molecule has 0 aliphatic rings. The second-order valence-electron chi connectivity index (χ2n) is 8.13. The third-order valence-corrected chi connectivity index (χ3v) is 6.66. The van der Waals surface area contributed by atoms with Gasteiger partial charge in [-0.2, -0.15) is 0 Å². The number of benzene rings is 1. The van der Waals surface area contributed by atoms with Crippen LogP contribution in [-0.4, -0.2) is 36.3 Å². The van der Waals surface area contributed by atoms with Gasteiger partial charge >= 0.3 is 5.97 Å². The first kappa shape index (κ1) is 27.0. The smallest absolute Gasteiger partial charge is 0.354 e. The fourth-order valence-electron chi connectivity index (χ4n) is 3.37. The van der Waals surface area contributed by atoms with E-state index >= 15 is 0 Å². The number of rotatable bonds is 12. The molecular weight excluding hydrogens is 458 g/mol. The van der Waals surface area contributed by atoms with Crippen molar-refractivity contribution >= 4 is 33.5 Å². The number of carbonyl (C=O) groups excluding carboxylic acids is 2. The minimum Gasteiger partial charge on any atom is -0.477 e. The Kier molecular flexibility index (Phi) is 9.73. The van der Waals surface area contributed by atoms with Crippen LogP contribution in [0.25, 0.3) is 0 Å². The van der Waals surface area contributed by atoms with E-state index in [2.05, 4.69) is 10.3 Å². The molecule has 34 heavy (non-hydrogen) atoms.